The van der Waals surface area contributed by atoms with Crippen LogP contribution in [0, 0.1) is 0 Å². The van der Waals surface area contributed by atoms with Gasteiger partial charge in [-0.25, -0.2) is 0 Å². The number of hydrogen-bond donors (Lipinski definition) is 2. The van der Waals surface area contributed by atoms with Crippen molar-refractivity contribution in [2.75, 3.05) is 7.05 Å². The number of aliphatic hydroxyl groups is 1. The fraction of sp³-hybridized carbons (Fsp3) is 0.250. The fourth-order valence-corrected chi connectivity index (χ4v) is 4.20. The van der Waals surface area contributed by atoms with E-state index in [-0.39, 0.29) is 23.0 Å². The molecule has 0 bridgehead atoms. The summed E-state index contributed by atoms with van der Waals surface area (Å²) in [7, 11) is -2.37. The third kappa shape index (κ3) is 6.16. The summed E-state index contributed by atoms with van der Waals surface area (Å²) >= 11 is 0. The van der Waals surface area contributed by atoms with E-state index < -0.39 is 28.3 Å². The number of amides is 1. The zero-order valence-electron chi connectivity index (χ0n) is 18.4. The number of nitrogens with two attached hydrogens (primary N) is 1. The van der Waals surface area contributed by atoms with Gasteiger partial charge in [0.1, 0.15) is 4.90 Å². The summed E-state index contributed by atoms with van der Waals surface area (Å²) in [5, 5.41) is 10.6. The van der Waals surface area contributed by atoms with Gasteiger partial charge in [-0.3, -0.25) is 9.78 Å². The Morgan fingerprint density at radius 2 is 1.67 bits per heavy atom. The molecule has 3 N–H and O–H groups in total. The Morgan fingerprint density at radius 3 is 2.24 bits per heavy atom. The van der Waals surface area contributed by atoms with Crippen LogP contribution in [-0.2, 0) is 21.3 Å². The smallest absolute Gasteiger partial charge is 0.339 e. The van der Waals surface area contributed by atoms with E-state index in [2.05, 4.69) is 4.98 Å². The lowest BCUT2D eigenvalue weighted by molar-refractivity contribution is -0.135. The number of nitrogens with zero attached hydrogens (tertiary/aromatic N) is 2. The van der Waals surface area contributed by atoms with Gasteiger partial charge in [-0.15, -0.1) is 0 Å². The third-order valence-electron chi connectivity index (χ3n) is 5.34. The molecule has 0 unspecified atom stereocenters. The first-order valence-corrected chi connectivity index (χ1v) is 11.8. The molecule has 3 atom stereocenters. The van der Waals surface area contributed by atoms with E-state index in [1.165, 1.54) is 29.3 Å². The summed E-state index contributed by atoms with van der Waals surface area (Å²) in [5.41, 5.74) is 7.32. The number of hydrogen-bond acceptors (Lipinski definition) is 7. The number of aliphatic hydroxyl groups excluding tert-OH is 1. The molecule has 3 aromatic rings. The minimum atomic E-state index is -3.96. The first kappa shape index (κ1) is 24.4. The van der Waals surface area contributed by atoms with Crippen molar-refractivity contribution in [1.82, 2.24) is 9.88 Å². The Morgan fingerprint density at radius 1 is 1.06 bits per heavy atom. The van der Waals surface area contributed by atoms with E-state index in [0.717, 1.165) is 0 Å². The van der Waals surface area contributed by atoms with Crippen LogP contribution in [0.2, 0.25) is 0 Å². The lowest BCUT2D eigenvalue weighted by atomic mass is 10.0. The van der Waals surface area contributed by atoms with Crippen molar-refractivity contribution < 1.29 is 22.5 Å². The Labute approximate surface area is 193 Å². The van der Waals surface area contributed by atoms with Gasteiger partial charge < -0.3 is 19.9 Å². The number of benzene rings is 2. The van der Waals surface area contributed by atoms with E-state index >= 15 is 0 Å². The highest BCUT2D eigenvalue weighted by Crippen LogP contribution is 2.21. The van der Waals surface area contributed by atoms with Gasteiger partial charge in [0.2, 0.25) is 5.91 Å². The van der Waals surface area contributed by atoms with E-state index in [1.54, 1.807) is 50.4 Å². The lowest BCUT2D eigenvalue weighted by Crippen LogP contribution is -2.48. The molecule has 0 spiro atoms. The van der Waals surface area contributed by atoms with Crippen LogP contribution in [0.1, 0.15) is 24.3 Å². The summed E-state index contributed by atoms with van der Waals surface area (Å²) in [6.45, 7) is 1.75. The van der Waals surface area contributed by atoms with Crippen LogP contribution in [0.15, 0.2) is 83.9 Å². The molecule has 1 aromatic heterocycles. The summed E-state index contributed by atoms with van der Waals surface area (Å²) in [5.74, 6) is -0.287. The molecule has 1 amide bonds. The quantitative estimate of drug-likeness (QED) is 0.461. The summed E-state index contributed by atoms with van der Waals surface area (Å²) < 4.78 is 29.7. The molecular weight excluding hydrogens is 442 g/mol. The van der Waals surface area contributed by atoms with Crippen molar-refractivity contribution in [3.8, 4) is 5.75 Å². The minimum Gasteiger partial charge on any atom is -0.386 e. The SMILES string of the molecule is C[C@@H]([C@H](O)c1ccccc1)N(C)C(=O)[C@@H](N)Cc1ccc(OS(=O)(=O)c2ccccc2)cn1. The molecule has 0 saturated carbocycles. The van der Waals surface area contributed by atoms with Gasteiger partial charge in [0.25, 0.3) is 0 Å². The van der Waals surface area contributed by atoms with Crippen molar-refractivity contribution >= 4 is 16.0 Å². The topological polar surface area (TPSA) is 123 Å². The molecule has 0 radical (unpaired) electrons. The average Bonchev–Trinajstić information content (AvgIpc) is 2.84. The van der Waals surface area contributed by atoms with Crippen LogP contribution >= 0.6 is 0 Å². The second kappa shape index (κ2) is 10.6. The number of rotatable bonds is 9. The lowest BCUT2D eigenvalue weighted by Gasteiger charge is -2.31. The molecule has 0 aliphatic carbocycles. The largest absolute Gasteiger partial charge is 0.386 e. The monoisotopic (exact) mass is 469 g/mol. The van der Waals surface area contributed by atoms with Gasteiger partial charge in [0.15, 0.2) is 5.75 Å². The Kier molecular flexibility index (Phi) is 7.80. The second-order valence-corrected chi connectivity index (χ2v) is 9.24. The van der Waals surface area contributed by atoms with Crippen LogP contribution in [0.3, 0.4) is 0 Å². The predicted molar refractivity (Wildman–Crippen MR) is 124 cm³/mol. The highest BCUT2D eigenvalue weighted by atomic mass is 32.2. The molecule has 174 valence electrons. The fourth-order valence-electron chi connectivity index (χ4n) is 3.26. The molecule has 9 heteroatoms. The average molecular weight is 470 g/mol. The minimum absolute atomic E-state index is 0.0385. The molecule has 0 saturated heterocycles. The van der Waals surface area contributed by atoms with Crippen LogP contribution in [0.5, 0.6) is 5.75 Å². The molecule has 33 heavy (non-hydrogen) atoms. The van der Waals surface area contributed by atoms with Crippen molar-refractivity contribution in [1.29, 1.82) is 0 Å². The maximum atomic E-state index is 12.8. The number of aromatic nitrogens is 1. The maximum absolute atomic E-state index is 12.8. The van der Waals surface area contributed by atoms with Gasteiger partial charge in [0, 0.05) is 19.2 Å². The second-order valence-electron chi connectivity index (χ2n) is 7.69. The van der Waals surface area contributed by atoms with Crippen molar-refractivity contribution in [3.63, 3.8) is 0 Å². The molecule has 0 aliphatic heterocycles. The zero-order chi connectivity index (χ0) is 24.0. The van der Waals surface area contributed by atoms with Gasteiger partial charge >= 0.3 is 10.1 Å². The normalized spacial score (nSPS) is 14.2. The molecule has 3 rings (SSSR count). The summed E-state index contributed by atoms with van der Waals surface area (Å²) in [6, 6.07) is 18.5. The van der Waals surface area contributed by atoms with Crippen molar-refractivity contribution in [2.24, 2.45) is 5.73 Å². The molecule has 1 heterocycles. The van der Waals surface area contributed by atoms with Crippen LogP contribution in [0.25, 0.3) is 0 Å². The number of carbonyl (C=O) groups excluding carboxylic acids is 1. The van der Waals surface area contributed by atoms with Gasteiger partial charge in [-0.05, 0) is 36.8 Å². The Hall–Kier alpha value is -3.27. The molecule has 8 nitrogen and oxygen atoms in total. The van der Waals surface area contributed by atoms with E-state index in [1.807, 2.05) is 18.2 Å². The van der Waals surface area contributed by atoms with Crippen molar-refractivity contribution in [2.45, 2.75) is 36.4 Å². The standard InChI is InChI=1S/C24H27N3O5S/c1-17(23(28)18-9-5-3-6-10-18)27(2)24(29)22(25)15-19-13-14-20(16-26-19)32-33(30,31)21-11-7-4-8-12-21/h3-14,16-17,22-23,28H,15,25H2,1-2H3/t17-,22-,23-/m0/s1. The Bertz CT molecular complexity index is 1160. The number of likely N-dealkylation sites (N-methyl/N-ethyl adjacent to an activating group) is 1. The third-order valence-corrected chi connectivity index (χ3v) is 6.60. The van der Waals surface area contributed by atoms with Crippen LogP contribution in [0.4, 0.5) is 0 Å². The number of carbonyl (C=O) groups is 1. The molecular formula is C24H27N3O5S. The predicted octanol–water partition coefficient (Wildman–Crippen LogP) is 2.30. The van der Waals surface area contributed by atoms with E-state index in [0.29, 0.717) is 11.3 Å². The molecule has 0 aliphatic rings. The van der Waals surface area contributed by atoms with Crippen LogP contribution < -0.4 is 9.92 Å². The first-order valence-electron chi connectivity index (χ1n) is 10.4. The number of pyridine rings is 1. The van der Waals surface area contributed by atoms with Gasteiger partial charge in [-0.1, -0.05) is 48.5 Å². The summed E-state index contributed by atoms with van der Waals surface area (Å²) in [4.78, 5) is 18.4. The first-order chi connectivity index (χ1) is 15.7. The Balaban J connectivity index is 1.60. The van der Waals surface area contributed by atoms with E-state index in [9.17, 15) is 18.3 Å². The molecule has 2 aromatic carbocycles. The highest BCUT2D eigenvalue weighted by molar-refractivity contribution is 7.87. The van der Waals surface area contributed by atoms with Gasteiger partial charge in [-0.2, -0.15) is 8.42 Å². The van der Waals surface area contributed by atoms with Gasteiger partial charge in [0.05, 0.1) is 24.4 Å². The van der Waals surface area contributed by atoms with E-state index in [4.69, 9.17) is 9.92 Å². The highest BCUT2D eigenvalue weighted by Gasteiger charge is 2.27. The zero-order valence-corrected chi connectivity index (χ0v) is 19.2. The maximum Gasteiger partial charge on any atom is 0.339 e. The summed E-state index contributed by atoms with van der Waals surface area (Å²) in [6.07, 6.45) is 0.565. The molecule has 0 fully saturated rings. The van der Waals surface area contributed by atoms with Crippen molar-refractivity contribution in [3.05, 3.63) is 90.3 Å². The van der Waals surface area contributed by atoms with Crippen LogP contribution in [-0.4, -0.2) is 48.4 Å².